The molecule has 0 aliphatic rings. The smallest absolute Gasteiger partial charge is 0.115 e. The SMILES string of the molecule is Cc1ccc(N(c2ccc(C(C)(c3ccc(O)cc3)c3ccc(O)cc3)cc2)c2ccccc2-c2ccccc2)cc1. The molecular formula is C39H33NO2. The minimum Gasteiger partial charge on any atom is -0.508 e. The van der Waals surface area contributed by atoms with Crippen LogP contribution < -0.4 is 4.90 Å². The highest BCUT2D eigenvalue weighted by Crippen LogP contribution is 2.44. The van der Waals surface area contributed by atoms with E-state index < -0.39 is 5.41 Å². The Kier molecular flexibility index (Phi) is 7.24. The monoisotopic (exact) mass is 547 g/mol. The maximum Gasteiger partial charge on any atom is 0.115 e. The van der Waals surface area contributed by atoms with Gasteiger partial charge in [0.25, 0.3) is 0 Å². The molecule has 0 aromatic heterocycles. The largest absolute Gasteiger partial charge is 0.508 e. The molecule has 0 heterocycles. The topological polar surface area (TPSA) is 43.7 Å². The van der Waals surface area contributed by atoms with Crippen molar-refractivity contribution in [1.29, 1.82) is 0 Å². The summed E-state index contributed by atoms with van der Waals surface area (Å²) >= 11 is 0. The summed E-state index contributed by atoms with van der Waals surface area (Å²) in [5.41, 5.74) is 9.42. The molecule has 0 radical (unpaired) electrons. The van der Waals surface area contributed by atoms with Gasteiger partial charge in [-0.3, -0.25) is 0 Å². The number of hydrogen-bond donors (Lipinski definition) is 2. The zero-order valence-electron chi connectivity index (χ0n) is 23.8. The fraction of sp³-hybridized carbons (Fsp3) is 0.0769. The Balaban J connectivity index is 1.50. The molecule has 6 aromatic carbocycles. The van der Waals surface area contributed by atoms with Crippen LogP contribution in [0.25, 0.3) is 11.1 Å². The molecule has 42 heavy (non-hydrogen) atoms. The van der Waals surface area contributed by atoms with E-state index in [1.807, 2.05) is 30.3 Å². The van der Waals surface area contributed by atoms with Gasteiger partial charge < -0.3 is 15.1 Å². The summed E-state index contributed by atoms with van der Waals surface area (Å²) in [6.07, 6.45) is 0. The van der Waals surface area contributed by atoms with Crippen molar-refractivity contribution in [3.05, 3.63) is 174 Å². The van der Waals surface area contributed by atoms with Crippen molar-refractivity contribution < 1.29 is 10.2 Å². The summed E-state index contributed by atoms with van der Waals surface area (Å²) in [6.45, 7) is 4.29. The number of nitrogens with zero attached hydrogens (tertiary/aromatic N) is 1. The molecule has 0 bridgehead atoms. The lowest BCUT2D eigenvalue weighted by Crippen LogP contribution is -2.25. The zero-order chi connectivity index (χ0) is 29.1. The van der Waals surface area contributed by atoms with Gasteiger partial charge in [0.2, 0.25) is 0 Å². The van der Waals surface area contributed by atoms with Crippen LogP contribution in [0.4, 0.5) is 17.1 Å². The van der Waals surface area contributed by atoms with Gasteiger partial charge in [-0.1, -0.05) is 103 Å². The molecule has 0 amide bonds. The highest BCUT2D eigenvalue weighted by atomic mass is 16.3. The first-order chi connectivity index (χ1) is 20.4. The average Bonchev–Trinajstić information content (AvgIpc) is 3.03. The maximum absolute atomic E-state index is 10.00. The fourth-order valence-corrected chi connectivity index (χ4v) is 5.68. The lowest BCUT2D eigenvalue weighted by Gasteiger charge is -2.33. The third-order valence-corrected chi connectivity index (χ3v) is 8.11. The number of hydrogen-bond acceptors (Lipinski definition) is 3. The van der Waals surface area contributed by atoms with E-state index in [-0.39, 0.29) is 11.5 Å². The second kappa shape index (κ2) is 11.3. The molecular weight excluding hydrogens is 514 g/mol. The molecule has 2 N–H and O–H groups in total. The number of phenols is 2. The number of anilines is 3. The number of benzene rings is 6. The van der Waals surface area contributed by atoms with E-state index in [0.717, 1.165) is 44.9 Å². The van der Waals surface area contributed by atoms with Crippen molar-refractivity contribution in [2.24, 2.45) is 0 Å². The third kappa shape index (κ3) is 5.13. The van der Waals surface area contributed by atoms with Crippen molar-refractivity contribution in [2.75, 3.05) is 4.90 Å². The fourth-order valence-electron chi connectivity index (χ4n) is 5.68. The molecule has 6 aromatic rings. The number of aryl methyl sites for hydroxylation is 1. The Labute approximate surface area is 247 Å². The molecule has 0 saturated heterocycles. The normalized spacial score (nSPS) is 11.3. The lowest BCUT2D eigenvalue weighted by atomic mass is 9.71. The van der Waals surface area contributed by atoms with Crippen LogP contribution in [-0.2, 0) is 5.41 Å². The average molecular weight is 548 g/mol. The summed E-state index contributed by atoms with van der Waals surface area (Å²) in [5.74, 6) is 0.459. The first-order valence-electron chi connectivity index (χ1n) is 14.1. The summed E-state index contributed by atoms with van der Waals surface area (Å²) in [4.78, 5) is 2.31. The van der Waals surface area contributed by atoms with Crippen molar-refractivity contribution in [3.63, 3.8) is 0 Å². The molecule has 0 fully saturated rings. The minimum absolute atomic E-state index is 0.230. The number of para-hydroxylation sites is 1. The molecule has 6 rings (SSSR count). The molecule has 0 aliphatic heterocycles. The van der Waals surface area contributed by atoms with E-state index >= 15 is 0 Å². The maximum atomic E-state index is 10.00. The second-order valence-corrected chi connectivity index (χ2v) is 10.8. The standard InChI is InChI=1S/C39H33NO2/c1-28-12-20-33(21-13-28)40(38-11-7-6-10-37(38)29-8-4-3-5-9-29)34-22-14-30(15-23-34)39(2,31-16-24-35(41)25-17-31)32-18-26-36(42)27-19-32/h3-27,41-42H,1-2H3. The van der Waals surface area contributed by atoms with Gasteiger partial charge in [0.1, 0.15) is 11.5 Å². The van der Waals surface area contributed by atoms with Crippen LogP contribution in [0.1, 0.15) is 29.2 Å². The van der Waals surface area contributed by atoms with E-state index in [1.54, 1.807) is 24.3 Å². The zero-order valence-corrected chi connectivity index (χ0v) is 23.8. The number of rotatable bonds is 7. The Morgan fingerprint density at radius 1 is 0.476 bits per heavy atom. The highest BCUT2D eigenvalue weighted by molar-refractivity contribution is 5.88. The first kappa shape index (κ1) is 26.9. The summed E-state index contributed by atoms with van der Waals surface area (Å²) < 4.78 is 0. The molecule has 0 saturated carbocycles. The molecule has 3 heteroatoms. The quantitative estimate of drug-likeness (QED) is 0.196. The van der Waals surface area contributed by atoms with Crippen molar-refractivity contribution >= 4 is 17.1 Å². The van der Waals surface area contributed by atoms with Crippen molar-refractivity contribution in [2.45, 2.75) is 19.3 Å². The molecule has 3 nitrogen and oxygen atoms in total. The summed E-state index contributed by atoms with van der Waals surface area (Å²) in [7, 11) is 0. The second-order valence-electron chi connectivity index (χ2n) is 10.8. The van der Waals surface area contributed by atoms with Gasteiger partial charge in [-0.2, -0.15) is 0 Å². The van der Waals surface area contributed by atoms with Gasteiger partial charge >= 0.3 is 0 Å². The number of aromatic hydroxyl groups is 2. The predicted octanol–water partition coefficient (Wildman–Crippen LogP) is 9.90. The van der Waals surface area contributed by atoms with Gasteiger partial charge in [0.05, 0.1) is 5.69 Å². The van der Waals surface area contributed by atoms with Gasteiger partial charge in [-0.15, -0.1) is 0 Å². The Bertz CT molecular complexity index is 1730. The molecule has 206 valence electrons. The molecule has 0 atom stereocenters. The summed E-state index contributed by atoms with van der Waals surface area (Å²) in [6, 6.07) is 51.1. The predicted molar refractivity (Wildman–Crippen MR) is 173 cm³/mol. The Morgan fingerprint density at radius 3 is 1.43 bits per heavy atom. The molecule has 0 unspecified atom stereocenters. The van der Waals surface area contributed by atoms with Gasteiger partial charge in [0, 0.05) is 22.4 Å². The van der Waals surface area contributed by atoms with E-state index in [2.05, 4.69) is 116 Å². The van der Waals surface area contributed by atoms with Crippen LogP contribution in [0.3, 0.4) is 0 Å². The van der Waals surface area contributed by atoms with Crippen LogP contribution >= 0.6 is 0 Å². The van der Waals surface area contributed by atoms with Gasteiger partial charge in [-0.25, -0.2) is 0 Å². The van der Waals surface area contributed by atoms with E-state index in [9.17, 15) is 10.2 Å². The van der Waals surface area contributed by atoms with Crippen LogP contribution in [0.15, 0.2) is 152 Å². The number of phenolic OH excluding ortho intramolecular Hbond substituents is 2. The third-order valence-electron chi connectivity index (χ3n) is 8.11. The highest BCUT2D eigenvalue weighted by Gasteiger charge is 2.31. The molecule has 0 spiro atoms. The first-order valence-corrected chi connectivity index (χ1v) is 14.1. The van der Waals surface area contributed by atoms with Gasteiger partial charge in [0.15, 0.2) is 0 Å². The van der Waals surface area contributed by atoms with Gasteiger partial charge in [-0.05, 0) is 90.7 Å². The van der Waals surface area contributed by atoms with Crippen molar-refractivity contribution in [3.8, 4) is 22.6 Å². The summed E-state index contributed by atoms with van der Waals surface area (Å²) in [5, 5.41) is 20.0. The Morgan fingerprint density at radius 2 is 0.905 bits per heavy atom. The van der Waals surface area contributed by atoms with Crippen LogP contribution in [0, 0.1) is 6.92 Å². The van der Waals surface area contributed by atoms with Crippen LogP contribution in [0.2, 0.25) is 0 Å². The van der Waals surface area contributed by atoms with E-state index in [0.29, 0.717) is 0 Å². The van der Waals surface area contributed by atoms with E-state index in [1.165, 1.54) is 5.56 Å². The van der Waals surface area contributed by atoms with Crippen LogP contribution in [-0.4, -0.2) is 10.2 Å². The van der Waals surface area contributed by atoms with Crippen molar-refractivity contribution in [1.82, 2.24) is 0 Å². The lowest BCUT2D eigenvalue weighted by molar-refractivity contribution is 0.474. The van der Waals surface area contributed by atoms with E-state index in [4.69, 9.17) is 0 Å². The minimum atomic E-state index is -0.517. The molecule has 0 aliphatic carbocycles. The van der Waals surface area contributed by atoms with Crippen LogP contribution in [0.5, 0.6) is 11.5 Å². The Hall–Kier alpha value is -5.28.